The molecular formula is C24H23ClN4O4. The first-order valence-electron chi connectivity index (χ1n) is 10.4. The third-order valence-electron chi connectivity index (χ3n) is 5.19. The molecule has 9 heteroatoms. The summed E-state index contributed by atoms with van der Waals surface area (Å²) in [7, 11) is 0. The Bertz CT molecular complexity index is 1420. The number of aromatic nitrogens is 4. The van der Waals surface area contributed by atoms with Gasteiger partial charge in [-0.3, -0.25) is 9.20 Å². The first kappa shape index (κ1) is 22.5. The molecule has 0 bridgehead atoms. The molecule has 33 heavy (non-hydrogen) atoms. The van der Waals surface area contributed by atoms with E-state index in [1.54, 1.807) is 36.9 Å². The Labute approximate surface area is 195 Å². The Hall–Kier alpha value is -3.65. The zero-order valence-electron chi connectivity index (χ0n) is 18.8. The van der Waals surface area contributed by atoms with Crippen molar-refractivity contribution in [2.24, 2.45) is 0 Å². The molecule has 0 amide bonds. The van der Waals surface area contributed by atoms with Gasteiger partial charge in [0.15, 0.2) is 18.0 Å². The summed E-state index contributed by atoms with van der Waals surface area (Å²) >= 11 is 6.19. The Kier molecular flexibility index (Phi) is 6.20. The van der Waals surface area contributed by atoms with Gasteiger partial charge in [0.2, 0.25) is 0 Å². The lowest BCUT2D eigenvalue weighted by Gasteiger charge is -2.11. The van der Waals surface area contributed by atoms with Crippen LogP contribution in [0.5, 0.6) is 5.75 Å². The third kappa shape index (κ3) is 4.34. The Balaban J connectivity index is 1.79. The Morgan fingerprint density at radius 3 is 2.70 bits per heavy atom. The zero-order chi connectivity index (χ0) is 23.7. The van der Waals surface area contributed by atoms with Crippen molar-refractivity contribution in [1.29, 1.82) is 0 Å². The number of fused-ring (bicyclic) bond motifs is 1. The van der Waals surface area contributed by atoms with Gasteiger partial charge in [-0.05, 0) is 63.6 Å². The molecule has 4 rings (SSSR count). The summed E-state index contributed by atoms with van der Waals surface area (Å²) < 4.78 is 13.6. The van der Waals surface area contributed by atoms with E-state index in [9.17, 15) is 9.59 Å². The lowest BCUT2D eigenvalue weighted by atomic mass is 10.1. The second-order valence-electron chi connectivity index (χ2n) is 7.55. The van der Waals surface area contributed by atoms with Crippen molar-refractivity contribution in [1.82, 2.24) is 19.2 Å². The summed E-state index contributed by atoms with van der Waals surface area (Å²) in [4.78, 5) is 29.7. The van der Waals surface area contributed by atoms with Gasteiger partial charge in [-0.2, -0.15) is 5.10 Å². The highest BCUT2D eigenvalue weighted by atomic mass is 35.5. The number of benzene rings is 1. The molecule has 0 spiro atoms. The molecule has 0 aliphatic rings. The molecule has 0 saturated carbocycles. The maximum atomic E-state index is 13.4. The van der Waals surface area contributed by atoms with E-state index in [4.69, 9.17) is 26.2 Å². The predicted octanol–water partition coefficient (Wildman–Crippen LogP) is 4.07. The molecule has 8 nitrogen and oxygen atoms in total. The van der Waals surface area contributed by atoms with Gasteiger partial charge in [-0.1, -0.05) is 17.7 Å². The predicted molar refractivity (Wildman–Crippen MR) is 125 cm³/mol. The summed E-state index contributed by atoms with van der Waals surface area (Å²) in [6.07, 6.45) is 1.61. The van der Waals surface area contributed by atoms with Crippen molar-refractivity contribution in [3.63, 3.8) is 0 Å². The highest BCUT2D eigenvalue weighted by Crippen LogP contribution is 2.26. The molecule has 4 aromatic rings. The first-order valence-corrected chi connectivity index (χ1v) is 10.8. The fourth-order valence-electron chi connectivity index (χ4n) is 3.64. The Morgan fingerprint density at radius 2 is 1.94 bits per heavy atom. The SMILES string of the molecule is CCOC(=O)COc1cccn2c(=O)c(-c3cc(C)n(-c4cc(Cl)ccc4C)n3)c(C)nc12. The van der Waals surface area contributed by atoms with Crippen LogP contribution in [-0.4, -0.2) is 38.3 Å². The summed E-state index contributed by atoms with van der Waals surface area (Å²) in [6, 6.07) is 10.8. The minimum atomic E-state index is -0.493. The number of hydrogen-bond acceptors (Lipinski definition) is 6. The number of nitrogens with zero attached hydrogens (tertiary/aromatic N) is 4. The standard InChI is InChI=1S/C24H23ClN4O4/c1-5-32-21(30)13-33-20-7-6-10-28-23(20)26-16(4)22(24(28)31)18-11-15(3)29(27-18)19-12-17(25)9-8-14(19)2/h6-12H,5,13H2,1-4H3. The number of esters is 1. The maximum Gasteiger partial charge on any atom is 0.344 e. The lowest BCUT2D eigenvalue weighted by molar-refractivity contribution is -0.145. The van der Waals surface area contributed by atoms with Gasteiger partial charge >= 0.3 is 5.97 Å². The molecule has 3 aromatic heterocycles. The van der Waals surface area contributed by atoms with Crippen LogP contribution in [0.1, 0.15) is 23.9 Å². The number of carbonyl (C=O) groups excluding carboxylic acids is 1. The van der Waals surface area contributed by atoms with Crippen LogP contribution >= 0.6 is 11.6 Å². The topological polar surface area (TPSA) is 87.7 Å². The molecule has 170 valence electrons. The molecule has 0 N–H and O–H groups in total. The average Bonchev–Trinajstić information content (AvgIpc) is 3.15. The van der Waals surface area contributed by atoms with Crippen molar-refractivity contribution in [3.05, 3.63) is 74.9 Å². The highest BCUT2D eigenvalue weighted by Gasteiger charge is 2.19. The molecule has 0 aliphatic heterocycles. The smallest absolute Gasteiger partial charge is 0.344 e. The fourth-order valence-corrected chi connectivity index (χ4v) is 3.81. The van der Waals surface area contributed by atoms with E-state index >= 15 is 0 Å². The summed E-state index contributed by atoms with van der Waals surface area (Å²) in [5, 5.41) is 5.30. The minimum absolute atomic E-state index is 0.263. The highest BCUT2D eigenvalue weighted by molar-refractivity contribution is 6.30. The van der Waals surface area contributed by atoms with Crippen molar-refractivity contribution in [2.45, 2.75) is 27.7 Å². The number of halogens is 1. The number of rotatable bonds is 6. The third-order valence-corrected chi connectivity index (χ3v) is 5.43. The summed E-state index contributed by atoms with van der Waals surface area (Å²) in [5.74, 6) is -0.180. The lowest BCUT2D eigenvalue weighted by Crippen LogP contribution is -2.21. The van der Waals surface area contributed by atoms with Crippen molar-refractivity contribution in [3.8, 4) is 22.7 Å². The number of ether oxygens (including phenoxy) is 2. The molecule has 1 aromatic carbocycles. The molecular weight excluding hydrogens is 444 g/mol. The normalized spacial score (nSPS) is 11.1. The minimum Gasteiger partial charge on any atom is -0.478 e. The van der Waals surface area contributed by atoms with Gasteiger partial charge in [-0.25, -0.2) is 14.5 Å². The van der Waals surface area contributed by atoms with Crippen LogP contribution in [0.3, 0.4) is 0 Å². The van der Waals surface area contributed by atoms with Crippen LogP contribution in [0, 0.1) is 20.8 Å². The second-order valence-corrected chi connectivity index (χ2v) is 7.99. The second kappa shape index (κ2) is 9.07. The summed E-state index contributed by atoms with van der Waals surface area (Å²) in [5.41, 5.74) is 4.12. The molecule has 0 aliphatic carbocycles. The quantitative estimate of drug-likeness (QED) is 0.398. The maximum absolute atomic E-state index is 13.4. The van der Waals surface area contributed by atoms with Gasteiger partial charge in [0, 0.05) is 16.9 Å². The van der Waals surface area contributed by atoms with E-state index < -0.39 is 5.97 Å². The van der Waals surface area contributed by atoms with Gasteiger partial charge in [0.25, 0.3) is 5.56 Å². The molecule has 0 fully saturated rings. The first-order chi connectivity index (χ1) is 15.8. The van der Waals surface area contributed by atoms with E-state index in [0.717, 1.165) is 16.9 Å². The number of pyridine rings is 1. The number of hydrogen-bond donors (Lipinski definition) is 0. The molecule has 0 radical (unpaired) electrons. The zero-order valence-corrected chi connectivity index (χ0v) is 19.5. The van der Waals surface area contributed by atoms with Crippen LogP contribution in [0.25, 0.3) is 22.6 Å². The number of aryl methyl sites for hydroxylation is 3. The van der Waals surface area contributed by atoms with Gasteiger partial charge in [-0.15, -0.1) is 0 Å². The van der Waals surface area contributed by atoms with Crippen LogP contribution in [-0.2, 0) is 9.53 Å². The van der Waals surface area contributed by atoms with E-state index in [1.807, 2.05) is 38.1 Å². The summed E-state index contributed by atoms with van der Waals surface area (Å²) in [6.45, 7) is 7.35. The fraction of sp³-hybridized carbons (Fsp3) is 0.250. The van der Waals surface area contributed by atoms with Crippen molar-refractivity contribution < 1.29 is 14.3 Å². The van der Waals surface area contributed by atoms with Gasteiger partial charge in [0.1, 0.15) is 5.69 Å². The molecule has 3 heterocycles. The average molecular weight is 467 g/mol. The van der Waals surface area contributed by atoms with E-state index in [0.29, 0.717) is 33.4 Å². The van der Waals surface area contributed by atoms with Crippen LogP contribution in [0.15, 0.2) is 47.4 Å². The molecule has 0 saturated heterocycles. The van der Waals surface area contributed by atoms with E-state index in [-0.39, 0.29) is 18.8 Å². The largest absolute Gasteiger partial charge is 0.478 e. The van der Waals surface area contributed by atoms with Crippen LogP contribution in [0.2, 0.25) is 5.02 Å². The van der Waals surface area contributed by atoms with E-state index in [2.05, 4.69) is 4.98 Å². The van der Waals surface area contributed by atoms with Crippen molar-refractivity contribution >= 4 is 23.2 Å². The van der Waals surface area contributed by atoms with Gasteiger partial charge in [0.05, 0.1) is 23.6 Å². The monoisotopic (exact) mass is 466 g/mol. The van der Waals surface area contributed by atoms with Crippen LogP contribution < -0.4 is 10.3 Å². The van der Waals surface area contributed by atoms with E-state index in [1.165, 1.54) is 4.40 Å². The van der Waals surface area contributed by atoms with Crippen LogP contribution in [0.4, 0.5) is 0 Å². The van der Waals surface area contributed by atoms with Gasteiger partial charge < -0.3 is 9.47 Å². The molecule has 0 unspecified atom stereocenters. The Morgan fingerprint density at radius 1 is 1.15 bits per heavy atom. The van der Waals surface area contributed by atoms with Crippen molar-refractivity contribution in [2.75, 3.05) is 13.2 Å². The number of carbonyl (C=O) groups is 1. The molecule has 0 atom stereocenters.